The highest BCUT2D eigenvalue weighted by molar-refractivity contribution is 5.88. The van der Waals surface area contributed by atoms with Gasteiger partial charge in [-0.1, -0.05) is 0 Å². The van der Waals surface area contributed by atoms with Crippen molar-refractivity contribution in [2.75, 3.05) is 24.6 Å². The molecule has 1 atom stereocenters. The molecule has 1 saturated heterocycles. The number of halogens is 1. The van der Waals surface area contributed by atoms with E-state index in [1.54, 1.807) is 23.0 Å². The fourth-order valence-electron chi connectivity index (χ4n) is 3.63. The number of aromatic nitrogens is 4. The minimum absolute atomic E-state index is 0.156. The minimum Gasteiger partial charge on any atom is -0.466 e. The monoisotopic (exact) mass is 383 g/mol. The Hall–Kier alpha value is -3.03. The fourth-order valence-corrected chi connectivity index (χ4v) is 3.63. The molecule has 1 unspecified atom stereocenters. The topological polar surface area (TPSA) is 73.1 Å². The second-order valence-corrected chi connectivity index (χ2v) is 6.90. The number of piperidine rings is 1. The number of carbonyl (C=O) groups excluding carboxylic acids is 1. The summed E-state index contributed by atoms with van der Waals surface area (Å²) >= 11 is 0. The van der Waals surface area contributed by atoms with Gasteiger partial charge in [0.25, 0.3) is 0 Å². The van der Waals surface area contributed by atoms with Crippen LogP contribution in [0.15, 0.2) is 30.5 Å². The molecule has 28 heavy (non-hydrogen) atoms. The number of rotatable bonds is 4. The van der Waals surface area contributed by atoms with Crippen molar-refractivity contribution in [3.63, 3.8) is 0 Å². The Morgan fingerprint density at radius 3 is 2.82 bits per heavy atom. The second-order valence-electron chi connectivity index (χ2n) is 6.90. The van der Waals surface area contributed by atoms with Crippen molar-refractivity contribution >= 4 is 22.8 Å². The molecule has 1 aromatic carbocycles. The Balaban J connectivity index is 1.72. The molecule has 146 valence electrons. The molecule has 3 heterocycles. The van der Waals surface area contributed by atoms with E-state index in [2.05, 4.69) is 20.0 Å². The van der Waals surface area contributed by atoms with Crippen LogP contribution in [-0.4, -0.2) is 45.4 Å². The smallest absolute Gasteiger partial charge is 0.310 e. The second kappa shape index (κ2) is 7.53. The van der Waals surface area contributed by atoms with Gasteiger partial charge in [-0.15, -0.1) is 0 Å². The van der Waals surface area contributed by atoms with Gasteiger partial charge in [-0.2, -0.15) is 5.10 Å². The lowest BCUT2D eigenvalue weighted by Gasteiger charge is -2.32. The molecule has 1 aliphatic heterocycles. The summed E-state index contributed by atoms with van der Waals surface area (Å²) in [5.41, 5.74) is 1.39. The number of hydrogen-bond acceptors (Lipinski definition) is 6. The molecule has 3 aromatic rings. The third-order valence-electron chi connectivity index (χ3n) is 4.93. The summed E-state index contributed by atoms with van der Waals surface area (Å²) in [5, 5.41) is 5.25. The van der Waals surface area contributed by atoms with E-state index in [9.17, 15) is 9.18 Å². The molecule has 7 nitrogen and oxygen atoms in total. The zero-order chi connectivity index (χ0) is 19.7. The molecule has 0 spiro atoms. The quantitative estimate of drug-likeness (QED) is 0.645. The number of aryl methyl sites for hydroxylation is 1. The number of carbonyl (C=O) groups is 1. The standard InChI is InChI=1S/C20H22FN5O2/c1-3-28-20(27)14-5-4-10-25(12-14)18-17-11-22-26(19(17)24-13(2)23-18)16-8-6-15(21)7-9-16/h6-9,11,14H,3-5,10,12H2,1-2H3. The van der Waals surface area contributed by atoms with Crippen LogP contribution in [0.5, 0.6) is 0 Å². The van der Waals surface area contributed by atoms with Crippen molar-refractivity contribution in [3.8, 4) is 5.69 Å². The number of fused-ring (bicyclic) bond motifs is 1. The van der Waals surface area contributed by atoms with Crippen LogP contribution in [0.4, 0.5) is 10.2 Å². The van der Waals surface area contributed by atoms with Crippen molar-refractivity contribution in [2.45, 2.75) is 26.7 Å². The number of anilines is 1. The van der Waals surface area contributed by atoms with Crippen LogP contribution in [0.25, 0.3) is 16.7 Å². The van der Waals surface area contributed by atoms with Gasteiger partial charge in [-0.25, -0.2) is 19.0 Å². The van der Waals surface area contributed by atoms with Crippen LogP contribution in [0.1, 0.15) is 25.6 Å². The molecule has 2 aromatic heterocycles. The lowest BCUT2D eigenvalue weighted by Crippen LogP contribution is -2.40. The lowest BCUT2D eigenvalue weighted by molar-refractivity contribution is -0.148. The fraction of sp³-hybridized carbons (Fsp3) is 0.400. The summed E-state index contributed by atoms with van der Waals surface area (Å²) in [7, 11) is 0. The largest absolute Gasteiger partial charge is 0.466 e. The summed E-state index contributed by atoms with van der Waals surface area (Å²) < 4.78 is 20.2. The molecule has 0 N–H and O–H groups in total. The minimum atomic E-state index is -0.301. The zero-order valence-corrected chi connectivity index (χ0v) is 15.9. The highest BCUT2D eigenvalue weighted by Gasteiger charge is 2.29. The third kappa shape index (κ3) is 3.42. The van der Waals surface area contributed by atoms with Gasteiger partial charge < -0.3 is 9.64 Å². The molecule has 0 amide bonds. The average Bonchev–Trinajstić information content (AvgIpc) is 3.12. The molecule has 4 rings (SSSR count). The normalized spacial score (nSPS) is 17.1. The molecule has 1 aliphatic rings. The van der Waals surface area contributed by atoms with Gasteiger partial charge in [0.2, 0.25) is 0 Å². The Kier molecular flexibility index (Phi) is 4.93. The van der Waals surface area contributed by atoms with Crippen molar-refractivity contribution in [2.24, 2.45) is 5.92 Å². The molecule has 0 saturated carbocycles. The number of nitrogens with zero attached hydrogens (tertiary/aromatic N) is 5. The van der Waals surface area contributed by atoms with Crippen LogP contribution in [0, 0.1) is 18.7 Å². The maximum atomic E-state index is 13.3. The zero-order valence-electron chi connectivity index (χ0n) is 15.9. The first kappa shape index (κ1) is 18.3. The first-order valence-electron chi connectivity index (χ1n) is 9.46. The van der Waals surface area contributed by atoms with Crippen LogP contribution in [0.2, 0.25) is 0 Å². The molecular weight excluding hydrogens is 361 g/mol. The Morgan fingerprint density at radius 1 is 1.29 bits per heavy atom. The maximum Gasteiger partial charge on any atom is 0.310 e. The van der Waals surface area contributed by atoms with E-state index in [1.807, 2.05) is 13.8 Å². The van der Waals surface area contributed by atoms with Crippen LogP contribution < -0.4 is 4.90 Å². The van der Waals surface area contributed by atoms with E-state index < -0.39 is 0 Å². The van der Waals surface area contributed by atoms with Gasteiger partial charge >= 0.3 is 5.97 Å². The van der Waals surface area contributed by atoms with E-state index in [4.69, 9.17) is 4.74 Å². The van der Waals surface area contributed by atoms with Crippen LogP contribution in [0.3, 0.4) is 0 Å². The highest BCUT2D eigenvalue weighted by atomic mass is 19.1. The van der Waals surface area contributed by atoms with Crippen LogP contribution >= 0.6 is 0 Å². The van der Waals surface area contributed by atoms with E-state index in [0.717, 1.165) is 36.3 Å². The number of ether oxygens (including phenoxy) is 1. The summed E-state index contributed by atoms with van der Waals surface area (Å²) in [4.78, 5) is 23.5. The first-order chi connectivity index (χ1) is 13.6. The van der Waals surface area contributed by atoms with Gasteiger partial charge in [0.15, 0.2) is 5.65 Å². The number of esters is 1. The SMILES string of the molecule is CCOC(=O)C1CCCN(c2nc(C)nc3c2cnn3-c2ccc(F)cc2)C1. The number of benzene rings is 1. The molecule has 1 fully saturated rings. The molecule has 0 bridgehead atoms. The summed E-state index contributed by atoms with van der Waals surface area (Å²) in [6.07, 6.45) is 3.43. The third-order valence-corrected chi connectivity index (χ3v) is 4.93. The van der Waals surface area contributed by atoms with Crippen LogP contribution in [-0.2, 0) is 9.53 Å². The molecular formula is C20H22FN5O2. The van der Waals surface area contributed by atoms with Crippen molar-refractivity contribution in [3.05, 3.63) is 42.1 Å². The first-order valence-corrected chi connectivity index (χ1v) is 9.46. The maximum absolute atomic E-state index is 13.3. The number of hydrogen-bond donors (Lipinski definition) is 0. The van der Waals surface area contributed by atoms with Gasteiger partial charge in [-0.05, 0) is 51.0 Å². The Morgan fingerprint density at radius 2 is 2.07 bits per heavy atom. The summed E-state index contributed by atoms with van der Waals surface area (Å²) in [5.74, 6) is 0.766. The molecule has 0 aliphatic carbocycles. The summed E-state index contributed by atoms with van der Waals surface area (Å²) in [6, 6.07) is 6.12. The van der Waals surface area contributed by atoms with E-state index in [1.165, 1.54) is 12.1 Å². The van der Waals surface area contributed by atoms with Gasteiger partial charge in [0.1, 0.15) is 17.5 Å². The van der Waals surface area contributed by atoms with Crippen molar-refractivity contribution in [1.29, 1.82) is 0 Å². The Labute approximate surface area is 162 Å². The predicted molar refractivity (Wildman–Crippen MR) is 103 cm³/mol. The van der Waals surface area contributed by atoms with Crippen molar-refractivity contribution in [1.82, 2.24) is 19.7 Å². The van der Waals surface area contributed by atoms with Crippen molar-refractivity contribution < 1.29 is 13.9 Å². The van der Waals surface area contributed by atoms with Gasteiger partial charge in [0, 0.05) is 13.1 Å². The van der Waals surface area contributed by atoms with Gasteiger partial charge in [-0.3, -0.25) is 4.79 Å². The van der Waals surface area contributed by atoms with E-state index in [-0.39, 0.29) is 17.7 Å². The summed E-state index contributed by atoms with van der Waals surface area (Å²) in [6.45, 7) is 5.41. The van der Waals surface area contributed by atoms with Gasteiger partial charge in [0.05, 0.1) is 29.8 Å². The predicted octanol–water partition coefficient (Wildman–Crippen LogP) is 3.04. The van der Waals surface area contributed by atoms with E-state index >= 15 is 0 Å². The Bertz CT molecular complexity index is 1000. The highest BCUT2D eigenvalue weighted by Crippen LogP contribution is 2.29. The lowest BCUT2D eigenvalue weighted by atomic mass is 9.98. The molecule has 8 heteroatoms. The molecule has 0 radical (unpaired) electrons. The average molecular weight is 383 g/mol. The van der Waals surface area contributed by atoms with E-state index in [0.29, 0.717) is 24.6 Å².